The number of hydrogen-bond donors (Lipinski definition) is 1. The Labute approximate surface area is 95.0 Å². The molecule has 0 heterocycles. The van der Waals surface area contributed by atoms with Crippen molar-refractivity contribution >= 4 is 18.6 Å². The average Bonchev–Trinajstić information content (AvgIpc) is 2.70. The first-order valence-electron chi connectivity index (χ1n) is 5.26. The standard InChI is InChI=1S/C12H14O2S/c13-12(14-10-5-1-2-6-10)9-4-3-7-11(15)8-9/h3-4,7-8,10,15H,1-2,5-6H2. The van der Waals surface area contributed by atoms with Gasteiger partial charge in [-0.15, -0.1) is 12.6 Å². The topological polar surface area (TPSA) is 26.3 Å². The highest BCUT2D eigenvalue weighted by Gasteiger charge is 2.19. The van der Waals surface area contributed by atoms with E-state index in [0.717, 1.165) is 17.7 Å². The van der Waals surface area contributed by atoms with Gasteiger partial charge in [0.25, 0.3) is 0 Å². The maximum Gasteiger partial charge on any atom is 0.338 e. The Balaban J connectivity index is 2.01. The van der Waals surface area contributed by atoms with Crippen LogP contribution >= 0.6 is 12.6 Å². The summed E-state index contributed by atoms with van der Waals surface area (Å²) in [6.07, 6.45) is 4.48. The highest BCUT2D eigenvalue weighted by molar-refractivity contribution is 7.80. The van der Waals surface area contributed by atoms with E-state index in [4.69, 9.17) is 4.74 Å². The van der Waals surface area contributed by atoms with E-state index in [1.165, 1.54) is 12.8 Å². The molecule has 0 radical (unpaired) electrons. The molecule has 15 heavy (non-hydrogen) atoms. The van der Waals surface area contributed by atoms with E-state index in [0.29, 0.717) is 5.56 Å². The molecule has 0 bridgehead atoms. The van der Waals surface area contributed by atoms with E-state index in [-0.39, 0.29) is 12.1 Å². The molecule has 0 aromatic heterocycles. The van der Waals surface area contributed by atoms with Gasteiger partial charge in [0, 0.05) is 4.90 Å². The summed E-state index contributed by atoms with van der Waals surface area (Å²) in [5.74, 6) is -0.224. The number of esters is 1. The van der Waals surface area contributed by atoms with Gasteiger partial charge in [0.05, 0.1) is 5.56 Å². The maximum absolute atomic E-state index is 11.7. The zero-order chi connectivity index (χ0) is 10.7. The van der Waals surface area contributed by atoms with Crippen LogP contribution in [0.2, 0.25) is 0 Å². The predicted octanol–water partition coefficient (Wildman–Crippen LogP) is 3.07. The summed E-state index contributed by atoms with van der Waals surface area (Å²) in [6.45, 7) is 0. The molecule has 2 nitrogen and oxygen atoms in total. The molecule has 1 aliphatic carbocycles. The van der Waals surface area contributed by atoms with Crippen molar-refractivity contribution in [3.8, 4) is 0 Å². The number of ether oxygens (including phenoxy) is 1. The van der Waals surface area contributed by atoms with Crippen LogP contribution in [0.5, 0.6) is 0 Å². The van der Waals surface area contributed by atoms with Gasteiger partial charge in [0.15, 0.2) is 0 Å². The van der Waals surface area contributed by atoms with Gasteiger partial charge in [0.2, 0.25) is 0 Å². The van der Waals surface area contributed by atoms with E-state index in [9.17, 15) is 4.79 Å². The summed E-state index contributed by atoms with van der Waals surface area (Å²) >= 11 is 4.19. The molecule has 1 aromatic carbocycles. The van der Waals surface area contributed by atoms with Crippen LogP contribution in [0.25, 0.3) is 0 Å². The molecule has 0 amide bonds. The van der Waals surface area contributed by atoms with E-state index >= 15 is 0 Å². The maximum atomic E-state index is 11.7. The third-order valence-electron chi connectivity index (χ3n) is 2.66. The van der Waals surface area contributed by atoms with Crippen molar-refractivity contribution in [1.82, 2.24) is 0 Å². The lowest BCUT2D eigenvalue weighted by molar-refractivity contribution is 0.0317. The zero-order valence-corrected chi connectivity index (χ0v) is 9.37. The summed E-state index contributed by atoms with van der Waals surface area (Å²) < 4.78 is 5.38. The Kier molecular flexibility index (Phi) is 3.31. The number of benzene rings is 1. The van der Waals surface area contributed by atoms with Crippen LogP contribution in [0.4, 0.5) is 0 Å². The number of rotatable bonds is 2. The number of thiol groups is 1. The first-order chi connectivity index (χ1) is 7.25. The van der Waals surface area contributed by atoms with Crippen molar-refractivity contribution in [2.45, 2.75) is 36.7 Å². The summed E-state index contributed by atoms with van der Waals surface area (Å²) in [5.41, 5.74) is 0.592. The van der Waals surface area contributed by atoms with Gasteiger partial charge in [-0.25, -0.2) is 4.79 Å². The fourth-order valence-corrected chi connectivity index (χ4v) is 2.08. The SMILES string of the molecule is O=C(OC1CCCC1)c1cccc(S)c1. The second kappa shape index (κ2) is 4.71. The van der Waals surface area contributed by atoms with Gasteiger partial charge in [-0.3, -0.25) is 0 Å². The first kappa shape index (κ1) is 10.6. The quantitative estimate of drug-likeness (QED) is 0.615. The normalized spacial score (nSPS) is 16.6. The third kappa shape index (κ3) is 2.75. The van der Waals surface area contributed by atoms with E-state index in [2.05, 4.69) is 12.6 Å². The minimum atomic E-state index is -0.224. The van der Waals surface area contributed by atoms with Crippen LogP contribution in [0.3, 0.4) is 0 Å². The molecule has 0 spiro atoms. The lowest BCUT2D eigenvalue weighted by Gasteiger charge is -2.11. The minimum absolute atomic E-state index is 0.126. The van der Waals surface area contributed by atoms with Gasteiger partial charge in [-0.1, -0.05) is 6.07 Å². The largest absolute Gasteiger partial charge is 0.459 e. The summed E-state index contributed by atoms with van der Waals surface area (Å²) in [7, 11) is 0. The molecule has 1 aliphatic rings. The Morgan fingerprint density at radius 1 is 1.33 bits per heavy atom. The van der Waals surface area contributed by atoms with Crippen LogP contribution in [0.15, 0.2) is 29.2 Å². The second-order valence-corrected chi connectivity index (χ2v) is 4.38. The van der Waals surface area contributed by atoms with Crippen molar-refractivity contribution < 1.29 is 9.53 Å². The lowest BCUT2D eigenvalue weighted by Crippen LogP contribution is -2.14. The Morgan fingerprint density at radius 3 is 2.73 bits per heavy atom. The molecule has 0 atom stereocenters. The van der Waals surface area contributed by atoms with Crippen LogP contribution in [0, 0.1) is 0 Å². The molecule has 1 aromatic rings. The molecule has 80 valence electrons. The van der Waals surface area contributed by atoms with Gasteiger partial charge in [-0.2, -0.15) is 0 Å². The summed E-state index contributed by atoms with van der Waals surface area (Å²) in [4.78, 5) is 12.5. The summed E-state index contributed by atoms with van der Waals surface area (Å²) in [6, 6.07) is 7.15. The fourth-order valence-electron chi connectivity index (χ4n) is 1.86. The smallest absolute Gasteiger partial charge is 0.338 e. The van der Waals surface area contributed by atoms with E-state index in [1.807, 2.05) is 12.1 Å². The highest BCUT2D eigenvalue weighted by atomic mass is 32.1. The fraction of sp³-hybridized carbons (Fsp3) is 0.417. The van der Waals surface area contributed by atoms with Crippen molar-refractivity contribution in [3.63, 3.8) is 0 Å². The van der Waals surface area contributed by atoms with Crippen LogP contribution < -0.4 is 0 Å². The number of carbonyl (C=O) groups excluding carboxylic acids is 1. The first-order valence-corrected chi connectivity index (χ1v) is 5.70. The molecule has 0 unspecified atom stereocenters. The van der Waals surface area contributed by atoms with Crippen molar-refractivity contribution in [1.29, 1.82) is 0 Å². The predicted molar refractivity (Wildman–Crippen MR) is 61.4 cm³/mol. The average molecular weight is 222 g/mol. The molecule has 1 saturated carbocycles. The van der Waals surface area contributed by atoms with Gasteiger partial charge in [-0.05, 0) is 43.9 Å². The molecule has 0 aliphatic heterocycles. The molecule has 0 saturated heterocycles. The van der Waals surface area contributed by atoms with E-state index < -0.39 is 0 Å². The molecule has 3 heteroatoms. The molecule has 2 rings (SSSR count). The highest BCUT2D eigenvalue weighted by Crippen LogP contribution is 2.22. The van der Waals surface area contributed by atoms with Crippen LogP contribution in [-0.2, 0) is 4.74 Å². The van der Waals surface area contributed by atoms with Crippen LogP contribution in [0.1, 0.15) is 36.0 Å². The minimum Gasteiger partial charge on any atom is -0.459 e. The molecule has 0 N–H and O–H groups in total. The molecule has 1 fully saturated rings. The van der Waals surface area contributed by atoms with Gasteiger partial charge in [0.1, 0.15) is 6.10 Å². The third-order valence-corrected chi connectivity index (χ3v) is 2.94. The van der Waals surface area contributed by atoms with Crippen molar-refractivity contribution in [2.24, 2.45) is 0 Å². The molecular formula is C12H14O2S. The van der Waals surface area contributed by atoms with Crippen molar-refractivity contribution in [2.75, 3.05) is 0 Å². The van der Waals surface area contributed by atoms with Gasteiger partial charge >= 0.3 is 5.97 Å². The van der Waals surface area contributed by atoms with Crippen molar-refractivity contribution in [3.05, 3.63) is 29.8 Å². The number of carbonyl (C=O) groups is 1. The second-order valence-electron chi connectivity index (χ2n) is 3.86. The summed E-state index contributed by atoms with van der Waals surface area (Å²) in [5, 5.41) is 0. The molecular weight excluding hydrogens is 208 g/mol. The van der Waals surface area contributed by atoms with E-state index in [1.54, 1.807) is 12.1 Å². The van der Waals surface area contributed by atoms with Gasteiger partial charge < -0.3 is 4.74 Å². The number of hydrogen-bond acceptors (Lipinski definition) is 3. The monoisotopic (exact) mass is 222 g/mol. The Morgan fingerprint density at radius 2 is 2.07 bits per heavy atom. The van der Waals surface area contributed by atoms with Crippen LogP contribution in [-0.4, -0.2) is 12.1 Å². The zero-order valence-electron chi connectivity index (χ0n) is 8.48. The Hall–Kier alpha value is -0.960. The Bertz CT molecular complexity index is 356. The lowest BCUT2D eigenvalue weighted by atomic mass is 10.2.